The molecule has 6 aliphatic rings. The van der Waals surface area contributed by atoms with Gasteiger partial charge in [-0.1, -0.05) is 33.6 Å². The van der Waals surface area contributed by atoms with E-state index in [-0.39, 0.29) is 48.1 Å². The van der Waals surface area contributed by atoms with Gasteiger partial charge in [0, 0.05) is 6.42 Å². The number of hydrogen-bond acceptors (Lipinski definition) is 6. The second kappa shape index (κ2) is 12.1. The highest BCUT2D eigenvalue weighted by atomic mass is 16.6. The van der Waals surface area contributed by atoms with Gasteiger partial charge in [-0.3, -0.25) is 14.4 Å². The summed E-state index contributed by atoms with van der Waals surface area (Å²) in [7, 11) is 0. The maximum Gasteiger partial charge on any atom is 0.308 e. The quantitative estimate of drug-likeness (QED) is 0.306. The number of ether oxygens (including phenoxy) is 3. The highest BCUT2D eigenvalue weighted by Gasteiger charge is 2.39. The molecule has 0 aromatic carbocycles. The van der Waals surface area contributed by atoms with Gasteiger partial charge in [0.2, 0.25) is 0 Å². The van der Waals surface area contributed by atoms with Crippen LogP contribution in [0, 0.1) is 35.5 Å². The van der Waals surface area contributed by atoms with Crippen LogP contribution in [-0.4, -0.2) is 36.2 Å². The molecule has 0 amide bonds. The first-order valence-corrected chi connectivity index (χ1v) is 14.4. The minimum absolute atomic E-state index is 0.0191. The van der Waals surface area contributed by atoms with Crippen molar-refractivity contribution in [3.63, 3.8) is 0 Å². The van der Waals surface area contributed by atoms with Crippen molar-refractivity contribution >= 4 is 17.9 Å². The fraction of sp³-hybridized carbons (Fsp3) is 0.897. The topological polar surface area (TPSA) is 78.9 Å². The third kappa shape index (κ3) is 6.80. The largest absolute Gasteiger partial charge is 0.462 e. The monoisotopic (exact) mass is 490 g/mol. The lowest BCUT2D eigenvalue weighted by Gasteiger charge is -2.38. The van der Waals surface area contributed by atoms with Crippen LogP contribution in [0.25, 0.3) is 0 Å². The van der Waals surface area contributed by atoms with Gasteiger partial charge < -0.3 is 14.2 Å². The van der Waals surface area contributed by atoms with E-state index >= 15 is 0 Å². The summed E-state index contributed by atoms with van der Waals surface area (Å²) >= 11 is 0. The normalized spacial score (nSPS) is 42.3. The molecule has 0 radical (unpaired) electrons. The molecule has 9 atom stereocenters. The lowest BCUT2D eigenvalue weighted by atomic mass is 9.76. The van der Waals surface area contributed by atoms with Gasteiger partial charge in [-0.05, 0) is 94.3 Å². The average Bonchev–Trinajstić information content (AvgIpc) is 3.28. The van der Waals surface area contributed by atoms with Crippen LogP contribution in [0.15, 0.2) is 0 Å². The molecule has 6 rings (SSSR count). The predicted molar refractivity (Wildman–Crippen MR) is 132 cm³/mol. The van der Waals surface area contributed by atoms with E-state index in [4.69, 9.17) is 14.2 Å². The minimum Gasteiger partial charge on any atom is -0.462 e. The van der Waals surface area contributed by atoms with Crippen molar-refractivity contribution in [2.24, 2.45) is 35.5 Å². The molecule has 0 bridgehead atoms. The Morgan fingerprint density at radius 2 is 1.06 bits per heavy atom. The molecule has 3 heterocycles. The second-order valence-corrected chi connectivity index (χ2v) is 12.1. The van der Waals surface area contributed by atoms with Crippen LogP contribution in [0.3, 0.4) is 0 Å². The molecule has 6 nitrogen and oxygen atoms in total. The maximum atomic E-state index is 11.2. The molecule has 0 spiro atoms. The molecule has 3 saturated heterocycles. The number of esters is 3. The highest BCUT2D eigenvalue weighted by molar-refractivity contribution is 5.73. The van der Waals surface area contributed by atoms with Crippen LogP contribution < -0.4 is 0 Å². The molecular formula is C29H46O6. The Kier molecular flexibility index (Phi) is 9.15. The maximum absolute atomic E-state index is 11.2. The van der Waals surface area contributed by atoms with E-state index < -0.39 is 0 Å². The molecule has 0 aromatic rings. The Labute approximate surface area is 211 Å². The molecule has 6 fully saturated rings. The summed E-state index contributed by atoms with van der Waals surface area (Å²) in [5.41, 5.74) is 0. The van der Waals surface area contributed by atoms with Crippen LogP contribution in [0.5, 0.6) is 0 Å². The van der Waals surface area contributed by atoms with E-state index in [1.807, 2.05) is 13.8 Å². The molecule has 35 heavy (non-hydrogen) atoms. The van der Waals surface area contributed by atoms with Gasteiger partial charge in [-0.25, -0.2) is 0 Å². The fourth-order valence-electron chi connectivity index (χ4n) is 7.21. The standard InChI is InChI=1S/2C10H16O2.C9H14O2/c1-7-6-10(11)12-9-5-3-2-4-8(7)9;1-7-6-8-4-2-3-5-9(8)12-10(7)11;1-6-5-7-3-2-4-8(7)11-9(6)10/h2*7-9H,2-6H2,1H3;6-8H,2-5H2,1H3. The number of carbonyl (C=O) groups excluding carboxylic acids is 3. The molecule has 0 N–H and O–H groups in total. The van der Waals surface area contributed by atoms with E-state index in [1.54, 1.807) is 0 Å². The van der Waals surface area contributed by atoms with Gasteiger partial charge in [0.1, 0.15) is 18.3 Å². The van der Waals surface area contributed by atoms with E-state index in [0.29, 0.717) is 30.1 Å². The van der Waals surface area contributed by atoms with Gasteiger partial charge in [-0.15, -0.1) is 0 Å². The number of fused-ring (bicyclic) bond motifs is 3. The van der Waals surface area contributed by atoms with Crippen molar-refractivity contribution in [1.82, 2.24) is 0 Å². The molecule has 9 unspecified atom stereocenters. The van der Waals surface area contributed by atoms with Crippen LogP contribution in [0.1, 0.15) is 111 Å². The summed E-state index contributed by atoms with van der Waals surface area (Å²) in [4.78, 5) is 33.4. The van der Waals surface area contributed by atoms with E-state index in [1.165, 1.54) is 51.4 Å². The summed E-state index contributed by atoms with van der Waals surface area (Å²) in [5.74, 6) is 2.93. The van der Waals surface area contributed by atoms with Gasteiger partial charge in [0.15, 0.2) is 0 Å². The van der Waals surface area contributed by atoms with Crippen LogP contribution in [0.4, 0.5) is 0 Å². The molecule has 198 valence electrons. The van der Waals surface area contributed by atoms with Crippen LogP contribution in [-0.2, 0) is 28.6 Å². The Hall–Kier alpha value is -1.59. The summed E-state index contributed by atoms with van der Waals surface area (Å²) in [6, 6.07) is 0. The SMILES string of the molecule is CC1CC(=O)OC2CCCCC12.CC1CC2CCCC2OC1=O.CC1CC2CCCCC2OC1=O. The van der Waals surface area contributed by atoms with Crippen molar-refractivity contribution in [3.8, 4) is 0 Å². The van der Waals surface area contributed by atoms with Crippen molar-refractivity contribution in [3.05, 3.63) is 0 Å². The van der Waals surface area contributed by atoms with E-state index in [2.05, 4.69) is 6.92 Å². The molecule has 0 aromatic heterocycles. The first kappa shape index (κ1) is 26.5. The van der Waals surface area contributed by atoms with Crippen LogP contribution in [0.2, 0.25) is 0 Å². The molecule has 3 aliphatic heterocycles. The van der Waals surface area contributed by atoms with Crippen molar-refractivity contribution in [2.45, 2.75) is 129 Å². The first-order chi connectivity index (χ1) is 16.8. The zero-order chi connectivity index (χ0) is 24.9. The van der Waals surface area contributed by atoms with Crippen molar-refractivity contribution in [2.75, 3.05) is 0 Å². The summed E-state index contributed by atoms with van der Waals surface area (Å²) in [5, 5.41) is 0. The Bertz CT molecular complexity index is 749. The smallest absolute Gasteiger partial charge is 0.308 e. The molecule has 6 heteroatoms. The van der Waals surface area contributed by atoms with E-state index in [0.717, 1.165) is 32.1 Å². The van der Waals surface area contributed by atoms with Crippen LogP contribution >= 0.6 is 0 Å². The van der Waals surface area contributed by atoms with Gasteiger partial charge in [-0.2, -0.15) is 0 Å². The van der Waals surface area contributed by atoms with Gasteiger partial charge in [0.25, 0.3) is 0 Å². The summed E-state index contributed by atoms with van der Waals surface area (Å²) in [6.07, 6.45) is 17.0. The zero-order valence-corrected chi connectivity index (χ0v) is 22.0. The predicted octanol–water partition coefficient (Wildman–Crippen LogP) is 5.99. The van der Waals surface area contributed by atoms with E-state index in [9.17, 15) is 14.4 Å². The average molecular weight is 491 g/mol. The number of hydrogen-bond donors (Lipinski definition) is 0. The van der Waals surface area contributed by atoms with Gasteiger partial charge >= 0.3 is 17.9 Å². The molecular weight excluding hydrogens is 444 g/mol. The second-order valence-electron chi connectivity index (χ2n) is 12.1. The zero-order valence-electron chi connectivity index (χ0n) is 22.0. The summed E-state index contributed by atoms with van der Waals surface area (Å²) in [6.45, 7) is 6.13. The highest BCUT2D eigenvalue weighted by Crippen LogP contribution is 2.39. The minimum atomic E-state index is 0.0191. The molecule has 3 aliphatic carbocycles. The fourth-order valence-corrected chi connectivity index (χ4v) is 7.21. The van der Waals surface area contributed by atoms with Crippen molar-refractivity contribution < 1.29 is 28.6 Å². The first-order valence-electron chi connectivity index (χ1n) is 14.4. The Morgan fingerprint density at radius 1 is 0.571 bits per heavy atom. The summed E-state index contributed by atoms with van der Waals surface area (Å²) < 4.78 is 16.0. The van der Waals surface area contributed by atoms with Gasteiger partial charge in [0.05, 0.1) is 11.8 Å². The Balaban J connectivity index is 0.000000124. The number of carbonyl (C=O) groups is 3. The molecule has 3 saturated carbocycles. The third-order valence-corrected chi connectivity index (χ3v) is 9.34. The van der Waals surface area contributed by atoms with Crippen molar-refractivity contribution in [1.29, 1.82) is 0 Å². The Morgan fingerprint density at radius 3 is 1.69 bits per heavy atom. The lowest BCUT2D eigenvalue weighted by Crippen LogP contribution is -2.39. The third-order valence-electron chi connectivity index (χ3n) is 9.34. The lowest BCUT2D eigenvalue weighted by molar-refractivity contribution is -0.167. The number of rotatable bonds is 0.